The zero-order valence-corrected chi connectivity index (χ0v) is 18.3. The number of amides is 3. The van der Waals surface area contributed by atoms with Crippen molar-refractivity contribution in [3.05, 3.63) is 47.5 Å². The highest BCUT2D eigenvalue weighted by Crippen LogP contribution is 2.27. The van der Waals surface area contributed by atoms with Gasteiger partial charge in [0.2, 0.25) is 11.8 Å². The number of halogens is 1. The molecular formula is C23H30FN5O3. The van der Waals surface area contributed by atoms with E-state index in [2.05, 4.69) is 15.7 Å². The van der Waals surface area contributed by atoms with Gasteiger partial charge in [-0.1, -0.05) is 31.7 Å². The number of nitrogens with two attached hydrogens (primary N) is 1. The Bertz CT molecular complexity index is 966. The molecule has 0 saturated heterocycles. The minimum Gasteiger partial charge on any atom is -0.369 e. The van der Waals surface area contributed by atoms with Gasteiger partial charge in [0, 0.05) is 12.7 Å². The number of carbonyl (C=O) groups excluding carboxylic acids is 3. The van der Waals surface area contributed by atoms with Crippen LogP contribution in [0.15, 0.2) is 30.5 Å². The van der Waals surface area contributed by atoms with E-state index in [0.717, 1.165) is 38.5 Å². The van der Waals surface area contributed by atoms with Crippen LogP contribution in [0.3, 0.4) is 0 Å². The highest BCUT2D eigenvalue weighted by Gasteiger charge is 2.31. The second kappa shape index (κ2) is 10.9. The van der Waals surface area contributed by atoms with Crippen molar-refractivity contribution in [1.29, 1.82) is 0 Å². The number of anilines is 1. The number of aromatic nitrogens is 2. The van der Waals surface area contributed by atoms with Crippen LogP contribution in [-0.4, -0.2) is 33.5 Å². The number of aryl methyl sites for hydroxylation is 1. The molecule has 1 atom stereocenters. The molecule has 2 aromatic rings. The predicted octanol–water partition coefficient (Wildman–Crippen LogP) is 2.78. The molecule has 3 amide bonds. The van der Waals surface area contributed by atoms with E-state index in [-0.39, 0.29) is 23.9 Å². The van der Waals surface area contributed by atoms with Gasteiger partial charge in [0.15, 0.2) is 0 Å². The second-order valence-corrected chi connectivity index (χ2v) is 8.18. The zero-order valence-electron chi connectivity index (χ0n) is 18.3. The van der Waals surface area contributed by atoms with Crippen molar-refractivity contribution in [1.82, 2.24) is 15.1 Å². The molecule has 32 heavy (non-hydrogen) atoms. The topological polar surface area (TPSA) is 119 Å². The van der Waals surface area contributed by atoms with Crippen molar-refractivity contribution in [2.24, 2.45) is 11.7 Å². The van der Waals surface area contributed by atoms with Gasteiger partial charge in [-0.05, 0) is 49.4 Å². The molecular weight excluding hydrogens is 413 g/mol. The summed E-state index contributed by atoms with van der Waals surface area (Å²) in [6.07, 6.45) is 7.23. The van der Waals surface area contributed by atoms with Gasteiger partial charge in [-0.15, -0.1) is 0 Å². The predicted molar refractivity (Wildman–Crippen MR) is 118 cm³/mol. The van der Waals surface area contributed by atoms with Crippen molar-refractivity contribution in [2.75, 3.05) is 5.32 Å². The Balaban J connectivity index is 1.80. The average molecular weight is 444 g/mol. The van der Waals surface area contributed by atoms with Gasteiger partial charge in [0.25, 0.3) is 5.91 Å². The molecule has 4 N–H and O–H groups in total. The second-order valence-electron chi connectivity index (χ2n) is 8.18. The van der Waals surface area contributed by atoms with E-state index in [1.807, 2.05) is 6.92 Å². The first-order valence-corrected chi connectivity index (χ1v) is 11.1. The molecule has 3 rings (SSSR count). The van der Waals surface area contributed by atoms with E-state index >= 15 is 0 Å². The van der Waals surface area contributed by atoms with Crippen LogP contribution < -0.4 is 16.4 Å². The highest BCUT2D eigenvalue weighted by molar-refractivity contribution is 6.00. The van der Waals surface area contributed by atoms with Crippen LogP contribution in [-0.2, 0) is 22.6 Å². The molecule has 0 spiro atoms. The van der Waals surface area contributed by atoms with Crippen LogP contribution in [0.2, 0.25) is 0 Å². The molecule has 0 radical (unpaired) electrons. The Labute approximate surface area is 186 Å². The fourth-order valence-electron chi connectivity index (χ4n) is 4.22. The summed E-state index contributed by atoms with van der Waals surface area (Å²) in [5.41, 5.74) is 5.95. The molecule has 8 nitrogen and oxygen atoms in total. The summed E-state index contributed by atoms with van der Waals surface area (Å²) in [5.74, 6) is -2.12. The van der Waals surface area contributed by atoms with Crippen LogP contribution in [0.1, 0.15) is 61.5 Å². The SMILES string of the molecule is CCn1nccc1C(=O)N[C@H](C(=O)Nc1ccc(CC(N)=O)cc1F)C1CCCCCC1. The minimum atomic E-state index is -0.800. The molecule has 1 aliphatic rings. The molecule has 1 saturated carbocycles. The highest BCUT2D eigenvalue weighted by atomic mass is 19.1. The molecule has 0 aliphatic heterocycles. The average Bonchev–Trinajstić information content (AvgIpc) is 3.08. The lowest BCUT2D eigenvalue weighted by Gasteiger charge is -2.26. The van der Waals surface area contributed by atoms with Crippen LogP contribution in [0.25, 0.3) is 0 Å². The van der Waals surface area contributed by atoms with Crippen LogP contribution in [0, 0.1) is 11.7 Å². The van der Waals surface area contributed by atoms with E-state index in [1.165, 1.54) is 12.1 Å². The maximum absolute atomic E-state index is 14.6. The van der Waals surface area contributed by atoms with Crippen molar-refractivity contribution < 1.29 is 18.8 Å². The van der Waals surface area contributed by atoms with Gasteiger partial charge < -0.3 is 16.4 Å². The molecule has 0 bridgehead atoms. The molecule has 1 fully saturated rings. The first-order valence-electron chi connectivity index (χ1n) is 11.1. The summed E-state index contributed by atoms with van der Waals surface area (Å²) in [5, 5.41) is 9.61. The van der Waals surface area contributed by atoms with Gasteiger partial charge in [-0.25, -0.2) is 4.39 Å². The Kier molecular flexibility index (Phi) is 7.97. The van der Waals surface area contributed by atoms with Gasteiger partial charge in [-0.2, -0.15) is 5.10 Å². The van der Waals surface area contributed by atoms with Crippen molar-refractivity contribution in [3.63, 3.8) is 0 Å². The lowest BCUT2D eigenvalue weighted by atomic mass is 9.91. The lowest BCUT2D eigenvalue weighted by Crippen LogP contribution is -2.49. The molecule has 1 aliphatic carbocycles. The maximum atomic E-state index is 14.6. The third-order valence-corrected chi connectivity index (χ3v) is 5.86. The van der Waals surface area contributed by atoms with Crippen molar-refractivity contribution in [2.45, 2.75) is 64.5 Å². The Hall–Kier alpha value is -3.23. The third kappa shape index (κ3) is 5.93. The third-order valence-electron chi connectivity index (χ3n) is 5.86. The largest absolute Gasteiger partial charge is 0.369 e. The molecule has 1 aromatic carbocycles. The molecule has 0 unspecified atom stereocenters. The van der Waals surface area contributed by atoms with Crippen molar-refractivity contribution >= 4 is 23.4 Å². The number of rotatable bonds is 8. The van der Waals surface area contributed by atoms with Gasteiger partial charge in [0.1, 0.15) is 17.6 Å². The fourth-order valence-corrected chi connectivity index (χ4v) is 4.22. The summed E-state index contributed by atoms with van der Waals surface area (Å²) in [4.78, 5) is 37.2. The van der Waals surface area contributed by atoms with Crippen LogP contribution >= 0.6 is 0 Å². The number of hydrogen-bond acceptors (Lipinski definition) is 4. The maximum Gasteiger partial charge on any atom is 0.270 e. The van der Waals surface area contributed by atoms with E-state index in [0.29, 0.717) is 17.8 Å². The normalized spacial score (nSPS) is 15.6. The summed E-state index contributed by atoms with van der Waals surface area (Å²) in [6, 6.07) is 4.94. The molecule has 1 heterocycles. The summed E-state index contributed by atoms with van der Waals surface area (Å²) >= 11 is 0. The lowest BCUT2D eigenvalue weighted by molar-refractivity contribution is -0.119. The van der Waals surface area contributed by atoms with Crippen molar-refractivity contribution in [3.8, 4) is 0 Å². The quantitative estimate of drug-likeness (QED) is 0.544. The van der Waals surface area contributed by atoms with Crippen LogP contribution in [0.5, 0.6) is 0 Å². The van der Waals surface area contributed by atoms with E-state index in [4.69, 9.17) is 5.73 Å². The Morgan fingerprint density at radius 1 is 1.19 bits per heavy atom. The standard InChI is InChI=1S/C23H30FN5O3/c1-2-29-19(11-12-26-29)22(31)28-21(16-7-5-3-4-6-8-16)23(32)27-18-10-9-15(13-17(18)24)14-20(25)30/h9-13,16,21H,2-8,14H2,1H3,(H2,25,30)(H,27,32)(H,28,31)/t21-/m0/s1. The number of hydrogen-bond donors (Lipinski definition) is 3. The smallest absolute Gasteiger partial charge is 0.270 e. The van der Waals surface area contributed by atoms with E-state index in [1.54, 1.807) is 23.0 Å². The molecule has 9 heteroatoms. The van der Waals surface area contributed by atoms with Gasteiger partial charge in [-0.3, -0.25) is 19.1 Å². The van der Waals surface area contributed by atoms with E-state index < -0.39 is 23.7 Å². The number of nitrogens with one attached hydrogen (secondary N) is 2. The number of benzene rings is 1. The fraction of sp³-hybridized carbons (Fsp3) is 0.478. The first kappa shape index (κ1) is 23.4. The summed E-state index contributed by atoms with van der Waals surface area (Å²) in [6.45, 7) is 2.41. The molecule has 172 valence electrons. The summed E-state index contributed by atoms with van der Waals surface area (Å²) in [7, 11) is 0. The monoisotopic (exact) mass is 443 g/mol. The van der Waals surface area contributed by atoms with Gasteiger partial charge >= 0.3 is 0 Å². The zero-order chi connectivity index (χ0) is 23.1. The van der Waals surface area contributed by atoms with Crippen LogP contribution in [0.4, 0.5) is 10.1 Å². The van der Waals surface area contributed by atoms with Gasteiger partial charge in [0.05, 0.1) is 12.1 Å². The first-order chi connectivity index (χ1) is 15.4. The Morgan fingerprint density at radius 3 is 2.53 bits per heavy atom. The molecule has 1 aromatic heterocycles. The summed E-state index contributed by atoms with van der Waals surface area (Å²) < 4.78 is 16.1. The minimum absolute atomic E-state index is 0.00492. The Morgan fingerprint density at radius 2 is 1.91 bits per heavy atom. The van der Waals surface area contributed by atoms with E-state index in [9.17, 15) is 18.8 Å². The number of primary amides is 1. The number of carbonyl (C=O) groups is 3. The number of nitrogens with zero attached hydrogens (tertiary/aromatic N) is 2.